The summed E-state index contributed by atoms with van der Waals surface area (Å²) in [7, 11) is 0. The van der Waals surface area contributed by atoms with E-state index < -0.39 is 0 Å². The van der Waals surface area contributed by atoms with Crippen LogP contribution < -0.4 is 11.1 Å². The fourth-order valence-electron chi connectivity index (χ4n) is 1.69. The predicted molar refractivity (Wildman–Crippen MR) is 78.7 cm³/mol. The molecule has 98 valence electrons. The maximum absolute atomic E-state index is 12.1. The minimum Gasteiger partial charge on any atom is -0.398 e. The Labute approximate surface area is 120 Å². The van der Waals surface area contributed by atoms with Crippen LogP contribution in [0.2, 0.25) is 0 Å². The van der Waals surface area contributed by atoms with Crippen LogP contribution in [-0.2, 0) is 6.54 Å². The van der Waals surface area contributed by atoms with Gasteiger partial charge in [-0.15, -0.1) is 0 Å². The average Bonchev–Trinajstić information content (AvgIpc) is 2.40. The molecule has 0 fully saturated rings. The molecule has 1 amide bonds. The Kier molecular flexibility index (Phi) is 4.16. The summed E-state index contributed by atoms with van der Waals surface area (Å²) in [6.07, 6.45) is 1.71. The Morgan fingerprint density at radius 1 is 1.42 bits per heavy atom. The van der Waals surface area contributed by atoms with E-state index in [4.69, 9.17) is 5.73 Å². The van der Waals surface area contributed by atoms with Gasteiger partial charge in [0, 0.05) is 16.4 Å². The number of hydrogen-bond donors (Lipinski definition) is 2. The summed E-state index contributed by atoms with van der Waals surface area (Å²) >= 11 is 3.32. The number of carbonyl (C=O) groups is 1. The van der Waals surface area contributed by atoms with Crippen LogP contribution in [0.1, 0.15) is 21.6 Å². The van der Waals surface area contributed by atoms with Gasteiger partial charge in [0.2, 0.25) is 0 Å². The largest absolute Gasteiger partial charge is 0.398 e. The SMILES string of the molecule is Cc1cccnc1CNC(=O)c1cc(Br)ccc1N. The summed E-state index contributed by atoms with van der Waals surface area (Å²) < 4.78 is 0.820. The van der Waals surface area contributed by atoms with Crippen molar-refractivity contribution in [2.45, 2.75) is 13.5 Å². The first-order chi connectivity index (χ1) is 9.08. The third-order valence-corrected chi connectivity index (χ3v) is 3.29. The van der Waals surface area contributed by atoms with Gasteiger partial charge in [0.15, 0.2) is 0 Å². The number of anilines is 1. The van der Waals surface area contributed by atoms with Crippen LogP contribution in [0.15, 0.2) is 41.0 Å². The predicted octanol–water partition coefficient (Wildman–Crippen LogP) is 2.66. The molecule has 1 heterocycles. The van der Waals surface area contributed by atoms with Crippen LogP contribution in [0.5, 0.6) is 0 Å². The van der Waals surface area contributed by atoms with Crippen molar-refractivity contribution in [3.05, 3.63) is 57.8 Å². The minimum absolute atomic E-state index is 0.205. The molecule has 2 aromatic rings. The van der Waals surface area contributed by atoms with Crippen molar-refractivity contribution in [2.75, 3.05) is 5.73 Å². The Bertz CT molecular complexity index is 613. The van der Waals surface area contributed by atoms with Crippen LogP contribution in [0.3, 0.4) is 0 Å². The Morgan fingerprint density at radius 2 is 2.21 bits per heavy atom. The van der Waals surface area contributed by atoms with Gasteiger partial charge in [0.05, 0.1) is 17.8 Å². The van der Waals surface area contributed by atoms with E-state index in [9.17, 15) is 4.79 Å². The maximum atomic E-state index is 12.1. The molecule has 0 aliphatic heterocycles. The van der Waals surface area contributed by atoms with Crippen molar-refractivity contribution in [2.24, 2.45) is 0 Å². The van der Waals surface area contributed by atoms with E-state index in [2.05, 4.69) is 26.2 Å². The van der Waals surface area contributed by atoms with Crippen molar-refractivity contribution >= 4 is 27.5 Å². The van der Waals surface area contributed by atoms with Gasteiger partial charge in [-0.1, -0.05) is 22.0 Å². The van der Waals surface area contributed by atoms with Gasteiger partial charge in [0.1, 0.15) is 0 Å². The molecule has 2 rings (SSSR count). The van der Waals surface area contributed by atoms with E-state index in [1.54, 1.807) is 24.4 Å². The summed E-state index contributed by atoms with van der Waals surface area (Å²) in [6, 6.07) is 9.03. The van der Waals surface area contributed by atoms with E-state index in [1.165, 1.54) is 0 Å². The van der Waals surface area contributed by atoms with E-state index in [1.807, 2.05) is 19.1 Å². The molecule has 19 heavy (non-hydrogen) atoms. The Balaban J connectivity index is 2.10. The monoisotopic (exact) mass is 319 g/mol. The van der Waals surface area contributed by atoms with Crippen molar-refractivity contribution in [3.8, 4) is 0 Å². The number of rotatable bonds is 3. The number of hydrogen-bond acceptors (Lipinski definition) is 3. The number of aryl methyl sites for hydroxylation is 1. The quantitative estimate of drug-likeness (QED) is 0.855. The Morgan fingerprint density at radius 3 is 2.95 bits per heavy atom. The summed E-state index contributed by atoms with van der Waals surface area (Å²) in [6.45, 7) is 2.35. The number of amides is 1. The zero-order valence-electron chi connectivity index (χ0n) is 10.5. The number of pyridine rings is 1. The fourth-order valence-corrected chi connectivity index (χ4v) is 2.05. The van der Waals surface area contributed by atoms with Crippen LogP contribution in [-0.4, -0.2) is 10.9 Å². The first kappa shape index (κ1) is 13.5. The van der Waals surface area contributed by atoms with Crippen molar-refractivity contribution in [3.63, 3.8) is 0 Å². The van der Waals surface area contributed by atoms with Gasteiger partial charge in [-0.25, -0.2) is 0 Å². The summed E-state index contributed by atoms with van der Waals surface area (Å²) in [5.74, 6) is -0.205. The molecule has 3 N–H and O–H groups in total. The lowest BCUT2D eigenvalue weighted by Crippen LogP contribution is -2.24. The molecule has 0 aliphatic carbocycles. The average molecular weight is 320 g/mol. The van der Waals surface area contributed by atoms with Crippen LogP contribution >= 0.6 is 15.9 Å². The molecule has 1 aromatic heterocycles. The second-order valence-corrected chi connectivity index (χ2v) is 5.10. The molecule has 0 unspecified atom stereocenters. The first-order valence-electron chi connectivity index (χ1n) is 5.81. The third-order valence-electron chi connectivity index (χ3n) is 2.79. The number of benzene rings is 1. The molecule has 1 aromatic carbocycles. The lowest BCUT2D eigenvalue weighted by atomic mass is 10.1. The van der Waals surface area contributed by atoms with E-state index in [0.29, 0.717) is 17.8 Å². The number of aromatic nitrogens is 1. The normalized spacial score (nSPS) is 10.2. The van der Waals surface area contributed by atoms with Gasteiger partial charge < -0.3 is 11.1 Å². The second-order valence-electron chi connectivity index (χ2n) is 4.18. The van der Waals surface area contributed by atoms with Gasteiger partial charge in [-0.3, -0.25) is 9.78 Å². The molecule has 0 saturated carbocycles. The van der Waals surface area contributed by atoms with Crippen molar-refractivity contribution in [1.29, 1.82) is 0 Å². The first-order valence-corrected chi connectivity index (χ1v) is 6.61. The number of nitrogen functional groups attached to an aromatic ring is 1. The van der Waals surface area contributed by atoms with Crippen LogP contribution in [0.25, 0.3) is 0 Å². The summed E-state index contributed by atoms with van der Waals surface area (Å²) in [4.78, 5) is 16.3. The Hall–Kier alpha value is -1.88. The molecule has 0 saturated heterocycles. The van der Waals surface area contributed by atoms with Gasteiger partial charge in [0.25, 0.3) is 5.91 Å². The highest BCUT2D eigenvalue weighted by molar-refractivity contribution is 9.10. The number of carbonyl (C=O) groups excluding carboxylic acids is 1. The van der Waals surface area contributed by atoms with E-state index in [-0.39, 0.29) is 5.91 Å². The van der Waals surface area contributed by atoms with Crippen LogP contribution in [0, 0.1) is 6.92 Å². The standard InChI is InChI=1S/C14H14BrN3O/c1-9-3-2-6-17-13(9)8-18-14(19)11-7-10(15)4-5-12(11)16/h2-7H,8,16H2,1H3,(H,18,19). The molecule has 4 nitrogen and oxygen atoms in total. The lowest BCUT2D eigenvalue weighted by Gasteiger charge is -2.09. The molecule has 0 spiro atoms. The second kappa shape index (κ2) is 5.84. The minimum atomic E-state index is -0.205. The molecular formula is C14H14BrN3O. The molecule has 0 bridgehead atoms. The lowest BCUT2D eigenvalue weighted by molar-refractivity contribution is 0.0951. The zero-order valence-corrected chi connectivity index (χ0v) is 12.1. The van der Waals surface area contributed by atoms with Crippen LogP contribution in [0.4, 0.5) is 5.69 Å². The molecule has 5 heteroatoms. The van der Waals surface area contributed by atoms with Crippen molar-refractivity contribution in [1.82, 2.24) is 10.3 Å². The van der Waals surface area contributed by atoms with Crippen molar-refractivity contribution < 1.29 is 4.79 Å². The number of halogens is 1. The summed E-state index contributed by atoms with van der Waals surface area (Å²) in [5, 5.41) is 2.82. The topological polar surface area (TPSA) is 68.0 Å². The molecular weight excluding hydrogens is 306 g/mol. The van der Waals surface area contributed by atoms with Gasteiger partial charge in [-0.2, -0.15) is 0 Å². The van der Waals surface area contributed by atoms with E-state index in [0.717, 1.165) is 15.7 Å². The van der Waals surface area contributed by atoms with Gasteiger partial charge >= 0.3 is 0 Å². The third kappa shape index (κ3) is 3.32. The highest BCUT2D eigenvalue weighted by Crippen LogP contribution is 2.18. The highest BCUT2D eigenvalue weighted by atomic mass is 79.9. The molecule has 0 aliphatic rings. The number of nitrogens with one attached hydrogen (secondary N) is 1. The van der Waals surface area contributed by atoms with Gasteiger partial charge in [-0.05, 0) is 36.8 Å². The summed E-state index contributed by atoms with van der Waals surface area (Å²) in [5.41, 5.74) is 8.61. The number of nitrogens with two attached hydrogens (primary N) is 1. The maximum Gasteiger partial charge on any atom is 0.253 e. The number of nitrogens with zero attached hydrogens (tertiary/aromatic N) is 1. The molecule has 0 radical (unpaired) electrons. The fraction of sp³-hybridized carbons (Fsp3) is 0.143. The smallest absolute Gasteiger partial charge is 0.253 e. The highest BCUT2D eigenvalue weighted by Gasteiger charge is 2.10. The zero-order chi connectivity index (χ0) is 13.8. The molecule has 0 atom stereocenters. The van der Waals surface area contributed by atoms with E-state index >= 15 is 0 Å².